The van der Waals surface area contributed by atoms with Gasteiger partial charge in [0.2, 0.25) is 0 Å². The van der Waals surface area contributed by atoms with Crippen molar-refractivity contribution in [3.8, 4) is 5.75 Å². The van der Waals surface area contributed by atoms with Crippen LogP contribution in [0.15, 0.2) is 54.9 Å². The minimum Gasteiger partial charge on any atom is -0.495 e. The molecule has 1 aromatic carbocycles. The maximum Gasteiger partial charge on any atom is 0.274 e. The van der Waals surface area contributed by atoms with Crippen LogP contribution in [0.25, 0.3) is 0 Å². The van der Waals surface area contributed by atoms with Crippen molar-refractivity contribution in [1.82, 2.24) is 9.97 Å². The summed E-state index contributed by atoms with van der Waals surface area (Å²) >= 11 is 0. The van der Waals surface area contributed by atoms with Crippen LogP contribution < -0.4 is 21.1 Å². The molecule has 0 radical (unpaired) electrons. The van der Waals surface area contributed by atoms with E-state index in [0.717, 1.165) is 16.8 Å². The molecule has 0 aliphatic rings. The highest BCUT2D eigenvalue weighted by Gasteiger charge is 2.12. The number of aromatic nitrogens is 2. The number of rotatable bonds is 6. The van der Waals surface area contributed by atoms with Crippen LogP contribution in [0.5, 0.6) is 5.75 Å². The summed E-state index contributed by atoms with van der Waals surface area (Å²) in [6.07, 6.45) is 3.17. The number of methoxy groups -OCH3 is 1. The van der Waals surface area contributed by atoms with Crippen LogP contribution in [0.3, 0.4) is 0 Å². The van der Waals surface area contributed by atoms with Crippen molar-refractivity contribution >= 4 is 23.1 Å². The topological polar surface area (TPSA) is 102 Å². The fourth-order valence-corrected chi connectivity index (χ4v) is 2.61. The zero-order valence-corrected chi connectivity index (χ0v) is 15.2. The second-order valence-corrected chi connectivity index (χ2v) is 5.98. The van der Waals surface area contributed by atoms with E-state index in [0.29, 0.717) is 29.5 Å². The summed E-state index contributed by atoms with van der Waals surface area (Å²) in [7, 11) is 1.56. The van der Waals surface area contributed by atoms with Gasteiger partial charge in [0.1, 0.15) is 17.3 Å². The Morgan fingerprint density at radius 1 is 1.19 bits per heavy atom. The number of nitrogens with zero attached hydrogens (tertiary/aromatic N) is 2. The number of benzene rings is 1. The van der Waals surface area contributed by atoms with Gasteiger partial charge in [-0.1, -0.05) is 12.1 Å². The number of aryl methyl sites for hydroxylation is 1. The van der Waals surface area contributed by atoms with Crippen LogP contribution in [0.4, 0.5) is 17.2 Å². The number of hydrogen-bond acceptors (Lipinski definition) is 6. The molecule has 3 rings (SSSR count). The molecule has 0 saturated carbocycles. The van der Waals surface area contributed by atoms with Gasteiger partial charge in [-0.25, -0.2) is 9.97 Å². The molecule has 0 atom stereocenters. The predicted octanol–water partition coefficient (Wildman–Crippen LogP) is 3.24. The van der Waals surface area contributed by atoms with E-state index in [2.05, 4.69) is 20.6 Å². The number of carbonyl (C=O) groups is 1. The monoisotopic (exact) mass is 363 g/mol. The van der Waals surface area contributed by atoms with Gasteiger partial charge in [0, 0.05) is 18.4 Å². The fraction of sp³-hybridized carbons (Fsp3) is 0.150. The van der Waals surface area contributed by atoms with Gasteiger partial charge in [-0.2, -0.15) is 0 Å². The van der Waals surface area contributed by atoms with E-state index in [-0.39, 0.29) is 5.91 Å². The molecule has 0 bridgehead atoms. The zero-order valence-electron chi connectivity index (χ0n) is 15.2. The largest absolute Gasteiger partial charge is 0.495 e. The summed E-state index contributed by atoms with van der Waals surface area (Å²) in [6, 6.07) is 13.0. The molecule has 7 heteroatoms. The lowest BCUT2D eigenvalue weighted by Crippen LogP contribution is -2.15. The zero-order chi connectivity index (χ0) is 19.2. The van der Waals surface area contributed by atoms with Crippen molar-refractivity contribution in [3.63, 3.8) is 0 Å². The summed E-state index contributed by atoms with van der Waals surface area (Å²) in [4.78, 5) is 20.7. The van der Waals surface area contributed by atoms with Crippen molar-refractivity contribution in [2.24, 2.45) is 0 Å². The lowest BCUT2D eigenvalue weighted by atomic mass is 10.1. The van der Waals surface area contributed by atoms with E-state index in [4.69, 9.17) is 10.5 Å². The SMILES string of the molecule is COc1cnc(C(=O)Nc2cccc(CNc3cccnc3N)c2)c(C)c1. The molecule has 0 spiro atoms. The first-order chi connectivity index (χ1) is 13.1. The number of carbonyl (C=O) groups excluding carboxylic acids is 1. The van der Waals surface area contributed by atoms with Gasteiger partial charge in [0.15, 0.2) is 0 Å². The number of hydrogen-bond donors (Lipinski definition) is 3. The highest BCUT2D eigenvalue weighted by atomic mass is 16.5. The Hall–Kier alpha value is -3.61. The Morgan fingerprint density at radius 2 is 2.04 bits per heavy atom. The second kappa shape index (κ2) is 8.18. The normalized spacial score (nSPS) is 10.3. The molecule has 0 saturated heterocycles. The highest BCUT2D eigenvalue weighted by Crippen LogP contribution is 2.18. The van der Waals surface area contributed by atoms with Gasteiger partial charge >= 0.3 is 0 Å². The van der Waals surface area contributed by atoms with Crippen LogP contribution in [0, 0.1) is 6.92 Å². The standard InChI is InChI=1S/C20H21N5O2/c1-13-9-16(27-2)12-24-18(13)20(26)25-15-6-3-5-14(10-15)11-23-17-7-4-8-22-19(17)21/h3-10,12,23H,11H2,1-2H3,(H2,21,22)(H,25,26). The van der Waals surface area contributed by atoms with E-state index in [1.165, 1.54) is 6.20 Å². The van der Waals surface area contributed by atoms with E-state index in [1.54, 1.807) is 19.4 Å². The first-order valence-corrected chi connectivity index (χ1v) is 8.42. The Kier molecular flexibility index (Phi) is 5.51. The minimum atomic E-state index is -0.267. The lowest BCUT2D eigenvalue weighted by molar-refractivity contribution is 0.102. The molecular weight excluding hydrogens is 342 g/mol. The van der Waals surface area contributed by atoms with Crippen LogP contribution in [-0.4, -0.2) is 23.0 Å². The van der Waals surface area contributed by atoms with Crippen molar-refractivity contribution in [1.29, 1.82) is 0 Å². The lowest BCUT2D eigenvalue weighted by Gasteiger charge is -2.11. The Balaban J connectivity index is 1.68. The minimum absolute atomic E-state index is 0.267. The van der Waals surface area contributed by atoms with Crippen LogP contribution in [-0.2, 0) is 6.54 Å². The van der Waals surface area contributed by atoms with Gasteiger partial charge in [0.05, 0.1) is 19.0 Å². The third-order valence-corrected chi connectivity index (χ3v) is 4.01. The molecule has 2 heterocycles. The number of nitrogen functional groups attached to an aromatic ring is 1. The molecule has 138 valence electrons. The van der Waals surface area contributed by atoms with Gasteiger partial charge in [0.25, 0.3) is 5.91 Å². The summed E-state index contributed by atoms with van der Waals surface area (Å²) in [6.45, 7) is 2.38. The number of ether oxygens (including phenoxy) is 1. The molecule has 2 aromatic heterocycles. The van der Waals surface area contributed by atoms with Crippen LogP contribution in [0.2, 0.25) is 0 Å². The quantitative estimate of drug-likeness (QED) is 0.621. The van der Waals surface area contributed by atoms with E-state index in [1.807, 2.05) is 43.3 Å². The van der Waals surface area contributed by atoms with Crippen LogP contribution >= 0.6 is 0 Å². The highest BCUT2D eigenvalue weighted by molar-refractivity contribution is 6.03. The molecule has 1 amide bonds. The third-order valence-electron chi connectivity index (χ3n) is 4.01. The maximum absolute atomic E-state index is 12.5. The average Bonchev–Trinajstić information content (AvgIpc) is 2.67. The smallest absolute Gasteiger partial charge is 0.274 e. The first kappa shape index (κ1) is 18.2. The van der Waals surface area contributed by atoms with Gasteiger partial charge in [-0.05, 0) is 48.4 Å². The van der Waals surface area contributed by atoms with Gasteiger partial charge in [-0.3, -0.25) is 4.79 Å². The maximum atomic E-state index is 12.5. The van der Waals surface area contributed by atoms with Gasteiger partial charge in [-0.15, -0.1) is 0 Å². The summed E-state index contributed by atoms with van der Waals surface area (Å²) < 4.78 is 5.12. The second-order valence-electron chi connectivity index (χ2n) is 5.98. The number of amides is 1. The fourth-order valence-electron chi connectivity index (χ4n) is 2.61. The molecule has 0 unspecified atom stereocenters. The van der Waals surface area contributed by atoms with E-state index < -0.39 is 0 Å². The molecule has 7 nitrogen and oxygen atoms in total. The van der Waals surface area contributed by atoms with Gasteiger partial charge < -0.3 is 21.1 Å². The Bertz CT molecular complexity index is 959. The number of anilines is 3. The first-order valence-electron chi connectivity index (χ1n) is 8.42. The van der Waals surface area contributed by atoms with E-state index in [9.17, 15) is 4.79 Å². The number of pyridine rings is 2. The molecule has 0 fully saturated rings. The third kappa shape index (κ3) is 4.52. The van der Waals surface area contributed by atoms with Crippen LogP contribution in [0.1, 0.15) is 21.6 Å². The molecule has 27 heavy (non-hydrogen) atoms. The molecular formula is C20H21N5O2. The molecule has 3 aromatic rings. The Labute approximate surface area is 157 Å². The Morgan fingerprint density at radius 3 is 2.78 bits per heavy atom. The van der Waals surface area contributed by atoms with Crippen molar-refractivity contribution < 1.29 is 9.53 Å². The van der Waals surface area contributed by atoms with Crippen molar-refractivity contribution in [2.75, 3.05) is 23.5 Å². The number of nitrogens with one attached hydrogen (secondary N) is 2. The summed E-state index contributed by atoms with van der Waals surface area (Å²) in [5.41, 5.74) is 9.40. The molecule has 0 aliphatic heterocycles. The molecule has 4 N–H and O–H groups in total. The van der Waals surface area contributed by atoms with Crippen molar-refractivity contribution in [3.05, 3.63) is 71.7 Å². The molecule has 0 aliphatic carbocycles. The number of nitrogens with two attached hydrogens (primary N) is 1. The summed E-state index contributed by atoms with van der Waals surface area (Å²) in [5, 5.41) is 6.12. The van der Waals surface area contributed by atoms with E-state index >= 15 is 0 Å². The summed E-state index contributed by atoms with van der Waals surface area (Å²) in [5.74, 6) is 0.798. The van der Waals surface area contributed by atoms with Crippen molar-refractivity contribution in [2.45, 2.75) is 13.5 Å². The average molecular weight is 363 g/mol. The predicted molar refractivity (Wildman–Crippen MR) is 106 cm³/mol.